The van der Waals surface area contributed by atoms with E-state index in [0.717, 1.165) is 18.6 Å². The first-order valence-corrected chi connectivity index (χ1v) is 7.35. The van der Waals surface area contributed by atoms with E-state index in [1.807, 2.05) is 0 Å². The Morgan fingerprint density at radius 2 is 2.31 bits per heavy atom. The van der Waals surface area contributed by atoms with Gasteiger partial charge in [0.1, 0.15) is 5.54 Å². The van der Waals surface area contributed by atoms with Crippen LogP contribution in [0.15, 0.2) is 0 Å². The third-order valence-electron chi connectivity index (χ3n) is 3.19. The standard InChI is InChI=1S/C12H23NO2S/c1-3-4-5-6-10(2)13-12(11(14)15)7-8-16-9-12/h10,13H,3-9H2,1-2H3,(H,14,15). The summed E-state index contributed by atoms with van der Waals surface area (Å²) < 4.78 is 0. The number of carboxylic acids is 1. The molecule has 1 fully saturated rings. The van der Waals surface area contributed by atoms with E-state index in [2.05, 4.69) is 19.2 Å². The van der Waals surface area contributed by atoms with Crippen molar-refractivity contribution in [3.8, 4) is 0 Å². The van der Waals surface area contributed by atoms with Gasteiger partial charge in [-0.1, -0.05) is 26.2 Å². The third kappa shape index (κ3) is 3.67. The summed E-state index contributed by atoms with van der Waals surface area (Å²) in [5, 5.41) is 12.6. The number of unbranched alkanes of at least 4 members (excludes halogenated alkanes) is 2. The van der Waals surface area contributed by atoms with Gasteiger partial charge in [0.15, 0.2) is 0 Å². The highest BCUT2D eigenvalue weighted by Crippen LogP contribution is 2.29. The second-order valence-corrected chi connectivity index (χ2v) is 5.84. The Labute approximate surface area is 102 Å². The van der Waals surface area contributed by atoms with E-state index < -0.39 is 11.5 Å². The lowest BCUT2D eigenvalue weighted by Crippen LogP contribution is -2.55. The first-order chi connectivity index (χ1) is 7.60. The summed E-state index contributed by atoms with van der Waals surface area (Å²) in [6.45, 7) is 4.29. The number of rotatable bonds is 7. The van der Waals surface area contributed by atoms with Crippen LogP contribution in [0.4, 0.5) is 0 Å². The molecule has 0 aliphatic carbocycles. The van der Waals surface area contributed by atoms with Crippen molar-refractivity contribution in [1.29, 1.82) is 0 Å². The van der Waals surface area contributed by atoms with E-state index in [-0.39, 0.29) is 0 Å². The number of aliphatic carboxylic acids is 1. The first-order valence-electron chi connectivity index (χ1n) is 6.19. The Bertz CT molecular complexity index is 227. The van der Waals surface area contributed by atoms with Crippen molar-refractivity contribution in [2.24, 2.45) is 0 Å². The summed E-state index contributed by atoms with van der Waals surface area (Å²) in [5.41, 5.74) is -0.656. The zero-order valence-electron chi connectivity index (χ0n) is 10.3. The van der Waals surface area contributed by atoms with Gasteiger partial charge in [0.05, 0.1) is 0 Å². The fourth-order valence-electron chi connectivity index (χ4n) is 2.15. The van der Waals surface area contributed by atoms with Gasteiger partial charge in [0.2, 0.25) is 0 Å². The predicted molar refractivity (Wildman–Crippen MR) is 69.0 cm³/mol. The van der Waals surface area contributed by atoms with Gasteiger partial charge in [-0.2, -0.15) is 11.8 Å². The molecule has 0 radical (unpaired) electrons. The second kappa shape index (κ2) is 6.50. The Kier molecular flexibility index (Phi) is 5.62. The van der Waals surface area contributed by atoms with Gasteiger partial charge in [-0.25, -0.2) is 0 Å². The molecule has 1 aliphatic rings. The van der Waals surface area contributed by atoms with Crippen molar-refractivity contribution >= 4 is 17.7 Å². The van der Waals surface area contributed by atoms with E-state index in [1.165, 1.54) is 19.3 Å². The summed E-state index contributed by atoms with van der Waals surface area (Å²) in [4.78, 5) is 11.3. The summed E-state index contributed by atoms with van der Waals surface area (Å²) in [5.74, 6) is 0.987. The minimum absolute atomic E-state index is 0.307. The largest absolute Gasteiger partial charge is 0.480 e. The Balaban J connectivity index is 2.40. The van der Waals surface area contributed by atoms with Crippen molar-refractivity contribution in [2.75, 3.05) is 11.5 Å². The highest BCUT2D eigenvalue weighted by molar-refractivity contribution is 7.99. The van der Waals surface area contributed by atoms with Gasteiger partial charge in [-0.05, 0) is 25.5 Å². The zero-order valence-corrected chi connectivity index (χ0v) is 11.1. The smallest absolute Gasteiger partial charge is 0.324 e. The van der Waals surface area contributed by atoms with Crippen LogP contribution in [-0.4, -0.2) is 34.2 Å². The molecule has 16 heavy (non-hydrogen) atoms. The molecule has 1 saturated heterocycles. The lowest BCUT2D eigenvalue weighted by Gasteiger charge is -2.28. The van der Waals surface area contributed by atoms with Crippen molar-refractivity contribution in [1.82, 2.24) is 5.32 Å². The number of hydrogen-bond acceptors (Lipinski definition) is 3. The van der Waals surface area contributed by atoms with Gasteiger partial charge in [-0.15, -0.1) is 0 Å². The van der Waals surface area contributed by atoms with Crippen LogP contribution in [-0.2, 0) is 4.79 Å². The molecule has 3 nitrogen and oxygen atoms in total. The molecule has 0 aromatic rings. The maximum Gasteiger partial charge on any atom is 0.324 e. The summed E-state index contributed by atoms with van der Waals surface area (Å²) in [6, 6.07) is 0.307. The molecule has 2 unspecified atom stereocenters. The van der Waals surface area contributed by atoms with Gasteiger partial charge >= 0.3 is 5.97 Å². The Morgan fingerprint density at radius 1 is 1.56 bits per heavy atom. The lowest BCUT2D eigenvalue weighted by atomic mass is 9.96. The van der Waals surface area contributed by atoms with Gasteiger partial charge in [0.25, 0.3) is 0 Å². The van der Waals surface area contributed by atoms with Crippen LogP contribution in [0.25, 0.3) is 0 Å². The Hall–Kier alpha value is -0.220. The highest BCUT2D eigenvalue weighted by Gasteiger charge is 2.42. The van der Waals surface area contributed by atoms with Crippen molar-refractivity contribution in [3.63, 3.8) is 0 Å². The Morgan fingerprint density at radius 3 is 2.81 bits per heavy atom. The van der Waals surface area contributed by atoms with Crippen molar-refractivity contribution in [3.05, 3.63) is 0 Å². The van der Waals surface area contributed by atoms with Gasteiger partial charge in [-0.3, -0.25) is 10.1 Å². The molecule has 0 bridgehead atoms. The topological polar surface area (TPSA) is 49.3 Å². The molecule has 4 heteroatoms. The number of hydrogen-bond donors (Lipinski definition) is 2. The van der Waals surface area contributed by atoms with Crippen LogP contribution in [0.1, 0.15) is 46.0 Å². The molecule has 1 rings (SSSR count). The quantitative estimate of drug-likeness (QED) is 0.677. The van der Waals surface area contributed by atoms with Crippen LogP contribution in [0.2, 0.25) is 0 Å². The SMILES string of the molecule is CCCCCC(C)NC1(C(=O)O)CCSC1. The van der Waals surface area contributed by atoms with Crippen LogP contribution >= 0.6 is 11.8 Å². The molecular weight excluding hydrogens is 222 g/mol. The summed E-state index contributed by atoms with van der Waals surface area (Å²) >= 11 is 1.74. The molecule has 0 amide bonds. The molecule has 1 aliphatic heterocycles. The molecule has 0 spiro atoms. The molecule has 2 atom stereocenters. The minimum Gasteiger partial charge on any atom is -0.480 e. The van der Waals surface area contributed by atoms with E-state index >= 15 is 0 Å². The monoisotopic (exact) mass is 245 g/mol. The number of nitrogens with one attached hydrogen (secondary N) is 1. The molecular formula is C12H23NO2S. The van der Waals surface area contributed by atoms with Crippen LogP contribution in [0.3, 0.4) is 0 Å². The first kappa shape index (κ1) is 13.8. The van der Waals surface area contributed by atoms with Crippen molar-refractivity contribution in [2.45, 2.75) is 57.5 Å². The lowest BCUT2D eigenvalue weighted by molar-refractivity contribution is -0.144. The van der Waals surface area contributed by atoms with Gasteiger partial charge < -0.3 is 5.11 Å². The third-order valence-corrected chi connectivity index (χ3v) is 4.38. The van der Waals surface area contributed by atoms with Gasteiger partial charge in [0, 0.05) is 11.8 Å². The van der Waals surface area contributed by atoms with E-state index in [9.17, 15) is 9.90 Å². The fourth-order valence-corrected chi connectivity index (χ4v) is 3.49. The molecule has 1 heterocycles. The number of carbonyl (C=O) groups is 1. The van der Waals surface area contributed by atoms with E-state index in [0.29, 0.717) is 11.8 Å². The average Bonchev–Trinajstić information content (AvgIpc) is 2.68. The molecule has 0 saturated carbocycles. The number of thioether (sulfide) groups is 1. The molecule has 0 aromatic carbocycles. The molecule has 0 aromatic heterocycles. The number of carboxylic acid groups (broad SMARTS) is 1. The predicted octanol–water partition coefficient (Wildman–Crippen LogP) is 2.51. The van der Waals surface area contributed by atoms with Crippen LogP contribution < -0.4 is 5.32 Å². The normalized spacial score (nSPS) is 26.9. The second-order valence-electron chi connectivity index (χ2n) is 4.73. The molecule has 2 N–H and O–H groups in total. The van der Waals surface area contributed by atoms with Crippen LogP contribution in [0, 0.1) is 0 Å². The fraction of sp³-hybridized carbons (Fsp3) is 0.917. The maximum atomic E-state index is 11.3. The maximum absolute atomic E-state index is 11.3. The molecule has 94 valence electrons. The highest BCUT2D eigenvalue weighted by atomic mass is 32.2. The summed E-state index contributed by atoms with van der Waals surface area (Å²) in [7, 11) is 0. The summed E-state index contributed by atoms with van der Waals surface area (Å²) in [6.07, 6.45) is 5.47. The minimum atomic E-state index is -0.681. The van der Waals surface area contributed by atoms with Crippen LogP contribution in [0.5, 0.6) is 0 Å². The van der Waals surface area contributed by atoms with Crippen molar-refractivity contribution < 1.29 is 9.90 Å². The average molecular weight is 245 g/mol. The van der Waals surface area contributed by atoms with E-state index in [1.54, 1.807) is 11.8 Å². The van der Waals surface area contributed by atoms with E-state index in [4.69, 9.17) is 0 Å². The zero-order chi connectivity index (χ0) is 12.0.